The molecular weight excluding hydrogens is 172 g/mol. The van der Waals surface area contributed by atoms with E-state index in [0.717, 1.165) is 19.6 Å². The molecule has 0 fully saturated rings. The third kappa shape index (κ3) is 4.24. The summed E-state index contributed by atoms with van der Waals surface area (Å²) in [6, 6.07) is 10.5. The van der Waals surface area contributed by atoms with Gasteiger partial charge in [0.2, 0.25) is 0 Å². The Balaban J connectivity index is 2.40. The minimum atomic E-state index is 0.731. The van der Waals surface area contributed by atoms with Crippen LogP contribution in [0.25, 0.3) is 0 Å². The Morgan fingerprint density at radius 2 is 2.00 bits per heavy atom. The van der Waals surface area contributed by atoms with Crippen LogP contribution in [0.3, 0.4) is 0 Å². The lowest BCUT2D eigenvalue weighted by atomic mass is 10.1. The Hall–Kier alpha value is -1.08. The molecule has 0 radical (unpaired) electrons. The van der Waals surface area contributed by atoms with Gasteiger partial charge in [0.05, 0.1) is 6.61 Å². The van der Waals surface area contributed by atoms with Crippen LogP contribution in [0.1, 0.15) is 19.4 Å². The predicted octanol–water partition coefficient (Wildman–Crippen LogP) is 3.21. The molecule has 14 heavy (non-hydrogen) atoms. The van der Waals surface area contributed by atoms with Crippen molar-refractivity contribution in [3.05, 3.63) is 47.5 Å². The lowest BCUT2D eigenvalue weighted by Gasteiger charge is -2.02. The van der Waals surface area contributed by atoms with E-state index in [-0.39, 0.29) is 0 Å². The van der Waals surface area contributed by atoms with Gasteiger partial charge in [0.25, 0.3) is 0 Å². The third-order valence-corrected chi connectivity index (χ3v) is 2.08. The minimum absolute atomic E-state index is 0.731. The normalized spacial score (nSPS) is 11.7. The standard InChI is InChI=1S/C13H18O/c1-3-14-10-9-12(2)11-13-7-5-4-6-8-13/h4-9H,3,10-11H2,1-2H3/b12-9+. The molecule has 0 atom stereocenters. The number of hydrogen-bond donors (Lipinski definition) is 0. The van der Waals surface area contributed by atoms with E-state index in [0.29, 0.717) is 0 Å². The molecule has 1 rings (SSSR count). The highest BCUT2D eigenvalue weighted by Crippen LogP contribution is 2.06. The fourth-order valence-electron chi connectivity index (χ4n) is 1.31. The highest BCUT2D eigenvalue weighted by atomic mass is 16.5. The molecule has 0 spiro atoms. The van der Waals surface area contributed by atoms with Crippen molar-refractivity contribution in [2.24, 2.45) is 0 Å². The van der Waals surface area contributed by atoms with Crippen molar-refractivity contribution in [2.45, 2.75) is 20.3 Å². The number of allylic oxidation sites excluding steroid dienone is 1. The van der Waals surface area contributed by atoms with Crippen molar-refractivity contribution in [3.8, 4) is 0 Å². The Bertz CT molecular complexity index is 275. The average Bonchev–Trinajstić information content (AvgIpc) is 2.20. The molecule has 0 unspecified atom stereocenters. The summed E-state index contributed by atoms with van der Waals surface area (Å²) < 4.78 is 5.27. The molecule has 0 amide bonds. The average molecular weight is 190 g/mol. The largest absolute Gasteiger partial charge is 0.378 e. The van der Waals surface area contributed by atoms with Gasteiger partial charge in [0, 0.05) is 6.61 Å². The second kappa shape index (κ2) is 6.39. The van der Waals surface area contributed by atoms with Crippen molar-refractivity contribution >= 4 is 0 Å². The molecule has 1 nitrogen and oxygen atoms in total. The smallest absolute Gasteiger partial charge is 0.0649 e. The van der Waals surface area contributed by atoms with E-state index < -0.39 is 0 Å². The number of ether oxygens (including phenoxy) is 1. The van der Waals surface area contributed by atoms with Gasteiger partial charge in [-0.25, -0.2) is 0 Å². The first kappa shape index (κ1) is 11.0. The molecule has 0 N–H and O–H groups in total. The van der Waals surface area contributed by atoms with Crippen LogP contribution >= 0.6 is 0 Å². The fraction of sp³-hybridized carbons (Fsp3) is 0.385. The Morgan fingerprint density at radius 1 is 1.29 bits per heavy atom. The van der Waals surface area contributed by atoms with Crippen LogP contribution < -0.4 is 0 Å². The summed E-state index contributed by atoms with van der Waals surface area (Å²) in [5.41, 5.74) is 2.72. The molecular formula is C13H18O. The molecule has 0 aromatic heterocycles. The second-order valence-corrected chi connectivity index (χ2v) is 3.37. The SMILES string of the molecule is CCOC/C=C(\C)Cc1ccccc1. The van der Waals surface area contributed by atoms with Crippen LogP contribution in [0, 0.1) is 0 Å². The highest BCUT2D eigenvalue weighted by Gasteiger charge is 1.92. The Kier molecular flexibility index (Phi) is 5.02. The van der Waals surface area contributed by atoms with Gasteiger partial charge in [-0.3, -0.25) is 0 Å². The van der Waals surface area contributed by atoms with E-state index in [1.807, 2.05) is 13.0 Å². The second-order valence-electron chi connectivity index (χ2n) is 3.37. The van der Waals surface area contributed by atoms with E-state index in [1.165, 1.54) is 11.1 Å². The lowest BCUT2D eigenvalue weighted by molar-refractivity contribution is 0.177. The summed E-state index contributed by atoms with van der Waals surface area (Å²) in [4.78, 5) is 0. The van der Waals surface area contributed by atoms with E-state index in [1.54, 1.807) is 0 Å². The molecule has 1 aromatic rings. The summed E-state index contributed by atoms with van der Waals surface area (Å²) in [5.74, 6) is 0. The molecule has 1 heteroatoms. The van der Waals surface area contributed by atoms with Gasteiger partial charge < -0.3 is 4.74 Å². The van der Waals surface area contributed by atoms with Crippen LogP contribution in [0.4, 0.5) is 0 Å². The summed E-state index contributed by atoms with van der Waals surface area (Å²) in [7, 11) is 0. The van der Waals surface area contributed by atoms with Gasteiger partial charge in [0.1, 0.15) is 0 Å². The van der Waals surface area contributed by atoms with E-state index in [9.17, 15) is 0 Å². The number of benzene rings is 1. The van der Waals surface area contributed by atoms with E-state index >= 15 is 0 Å². The van der Waals surface area contributed by atoms with Gasteiger partial charge in [-0.1, -0.05) is 42.0 Å². The molecule has 0 aliphatic heterocycles. The minimum Gasteiger partial charge on any atom is -0.378 e. The summed E-state index contributed by atoms with van der Waals surface area (Å²) in [6.45, 7) is 5.68. The van der Waals surface area contributed by atoms with Gasteiger partial charge >= 0.3 is 0 Å². The van der Waals surface area contributed by atoms with Crippen LogP contribution in [-0.2, 0) is 11.2 Å². The van der Waals surface area contributed by atoms with Crippen molar-refractivity contribution < 1.29 is 4.74 Å². The fourth-order valence-corrected chi connectivity index (χ4v) is 1.31. The number of hydrogen-bond acceptors (Lipinski definition) is 1. The molecule has 0 aliphatic carbocycles. The Labute approximate surface area is 86.4 Å². The van der Waals surface area contributed by atoms with Gasteiger partial charge in [0.15, 0.2) is 0 Å². The quantitative estimate of drug-likeness (QED) is 0.511. The maximum absolute atomic E-state index is 5.27. The first-order valence-corrected chi connectivity index (χ1v) is 5.10. The van der Waals surface area contributed by atoms with E-state index in [2.05, 4.69) is 37.3 Å². The van der Waals surface area contributed by atoms with Gasteiger partial charge in [-0.15, -0.1) is 0 Å². The number of rotatable bonds is 5. The Morgan fingerprint density at radius 3 is 2.64 bits per heavy atom. The zero-order valence-corrected chi connectivity index (χ0v) is 8.99. The topological polar surface area (TPSA) is 9.23 Å². The highest BCUT2D eigenvalue weighted by molar-refractivity contribution is 5.20. The zero-order valence-electron chi connectivity index (χ0n) is 8.99. The van der Waals surface area contributed by atoms with Crippen LogP contribution in [-0.4, -0.2) is 13.2 Å². The van der Waals surface area contributed by atoms with Crippen LogP contribution in [0.15, 0.2) is 42.0 Å². The van der Waals surface area contributed by atoms with Crippen LogP contribution in [0.2, 0.25) is 0 Å². The molecule has 76 valence electrons. The molecule has 0 bridgehead atoms. The van der Waals surface area contributed by atoms with Crippen molar-refractivity contribution in [1.82, 2.24) is 0 Å². The summed E-state index contributed by atoms with van der Waals surface area (Å²) in [6.07, 6.45) is 3.17. The summed E-state index contributed by atoms with van der Waals surface area (Å²) in [5, 5.41) is 0. The molecule has 0 aliphatic rings. The van der Waals surface area contributed by atoms with Crippen molar-refractivity contribution in [3.63, 3.8) is 0 Å². The van der Waals surface area contributed by atoms with E-state index in [4.69, 9.17) is 4.74 Å². The molecule has 0 saturated heterocycles. The van der Waals surface area contributed by atoms with Crippen molar-refractivity contribution in [1.29, 1.82) is 0 Å². The maximum atomic E-state index is 5.27. The molecule has 1 aromatic carbocycles. The first-order chi connectivity index (χ1) is 6.83. The van der Waals surface area contributed by atoms with Gasteiger partial charge in [-0.2, -0.15) is 0 Å². The van der Waals surface area contributed by atoms with Gasteiger partial charge in [-0.05, 0) is 25.8 Å². The first-order valence-electron chi connectivity index (χ1n) is 5.10. The predicted molar refractivity (Wildman–Crippen MR) is 60.4 cm³/mol. The summed E-state index contributed by atoms with van der Waals surface area (Å²) >= 11 is 0. The molecule has 0 heterocycles. The lowest BCUT2D eigenvalue weighted by Crippen LogP contribution is -1.92. The molecule has 0 saturated carbocycles. The third-order valence-electron chi connectivity index (χ3n) is 2.08. The maximum Gasteiger partial charge on any atom is 0.0649 e. The monoisotopic (exact) mass is 190 g/mol. The van der Waals surface area contributed by atoms with Crippen molar-refractivity contribution in [2.75, 3.05) is 13.2 Å². The van der Waals surface area contributed by atoms with Crippen LogP contribution in [0.5, 0.6) is 0 Å². The zero-order chi connectivity index (χ0) is 10.2.